The summed E-state index contributed by atoms with van der Waals surface area (Å²) in [5.74, 6) is 0.491. The molecule has 1 heterocycles. The van der Waals surface area contributed by atoms with Crippen LogP contribution in [0, 0.1) is 0 Å². The molecule has 0 aliphatic heterocycles. The molecule has 5 nitrogen and oxygen atoms in total. The molecule has 0 radical (unpaired) electrons. The highest BCUT2D eigenvalue weighted by Crippen LogP contribution is 2.31. The van der Waals surface area contributed by atoms with Gasteiger partial charge in [-0.05, 0) is 18.9 Å². The zero-order chi connectivity index (χ0) is 10.9. The maximum Gasteiger partial charge on any atom is 0.229 e. The second-order valence-electron chi connectivity index (χ2n) is 3.56. The molecule has 1 aliphatic carbocycles. The van der Waals surface area contributed by atoms with E-state index in [0.29, 0.717) is 11.4 Å². The second-order valence-corrected chi connectivity index (χ2v) is 5.31. The number of anilines is 1. The van der Waals surface area contributed by atoms with Gasteiger partial charge in [0.15, 0.2) is 5.75 Å². The minimum Gasteiger partial charge on any atom is -0.487 e. The van der Waals surface area contributed by atoms with E-state index in [4.69, 9.17) is 4.74 Å². The van der Waals surface area contributed by atoms with Gasteiger partial charge in [-0.2, -0.15) is 0 Å². The van der Waals surface area contributed by atoms with Crippen LogP contribution in [0.5, 0.6) is 5.75 Å². The Labute approximate surface area is 88.5 Å². The Balaban J connectivity index is 2.20. The molecular weight excluding hydrogens is 216 g/mol. The van der Waals surface area contributed by atoms with Crippen molar-refractivity contribution in [3.63, 3.8) is 0 Å². The first-order valence-electron chi connectivity index (χ1n) is 4.63. The zero-order valence-corrected chi connectivity index (χ0v) is 9.12. The third-order valence-corrected chi connectivity index (χ3v) is 2.49. The van der Waals surface area contributed by atoms with Crippen LogP contribution in [-0.2, 0) is 10.0 Å². The van der Waals surface area contributed by atoms with Crippen molar-refractivity contribution in [3.05, 3.63) is 18.5 Å². The predicted molar refractivity (Wildman–Crippen MR) is 56.4 cm³/mol. The highest BCUT2D eigenvalue weighted by atomic mass is 32.2. The molecule has 0 aromatic carbocycles. The molecule has 0 saturated heterocycles. The molecule has 15 heavy (non-hydrogen) atoms. The summed E-state index contributed by atoms with van der Waals surface area (Å²) >= 11 is 0. The van der Waals surface area contributed by atoms with Crippen molar-refractivity contribution in [2.75, 3.05) is 11.0 Å². The SMILES string of the molecule is CS(=O)(=O)Nc1ccncc1OC1CC1. The Hall–Kier alpha value is -1.30. The Bertz CT molecular complexity index is 454. The average molecular weight is 228 g/mol. The molecule has 0 bridgehead atoms. The van der Waals surface area contributed by atoms with Crippen LogP contribution in [0.25, 0.3) is 0 Å². The van der Waals surface area contributed by atoms with Crippen LogP contribution in [0.1, 0.15) is 12.8 Å². The Morgan fingerprint density at radius 3 is 2.87 bits per heavy atom. The van der Waals surface area contributed by atoms with E-state index < -0.39 is 10.0 Å². The number of sulfonamides is 1. The predicted octanol–water partition coefficient (Wildman–Crippen LogP) is 0.994. The maximum atomic E-state index is 11.1. The lowest BCUT2D eigenvalue weighted by atomic mass is 10.4. The van der Waals surface area contributed by atoms with Crippen molar-refractivity contribution >= 4 is 15.7 Å². The van der Waals surface area contributed by atoms with E-state index in [1.165, 1.54) is 12.4 Å². The van der Waals surface area contributed by atoms with Gasteiger partial charge in [0.2, 0.25) is 10.0 Å². The third kappa shape index (κ3) is 3.09. The molecule has 1 aromatic rings. The van der Waals surface area contributed by atoms with Crippen molar-refractivity contribution in [1.29, 1.82) is 0 Å². The molecule has 0 spiro atoms. The Morgan fingerprint density at radius 2 is 2.27 bits per heavy atom. The fraction of sp³-hybridized carbons (Fsp3) is 0.444. The first-order chi connectivity index (χ1) is 7.04. The number of aromatic nitrogens is 1. The zero-order valence-electron chi connectivity index (χ0n) is 8.30. The van der Waals surface area contributed by atoms with E-state index in [0.717, 1.165) is 19.1 Å². The van der Waals surface area contributed by atoms with E-state index in [-0.39, 0.29) is 6.10 Å². The van der Waals surface area contributed by atoms with Gasteiger partial charge >= 0.3 is 0 Å². The van der Waals surface area contributed by atoms with Crippen LogP contribution in [0.15, 0.2) is 18.5 Å². The van der Waals surface area contributed by atoms with Crippen molar-refractivity contribution in [3.8, 4) is 5.75 Å². The molecular formula is C9H12N2O3S. The van der Waals surface area contributed by atoms with Crippen molar-refractivity contribution < 1.29 is 13.2 Å². The molecule has 1 N–H and O–H groups in total. The largest absolute Gasteiger partial charge is 0.487 e. The molecule has 1 saturated carbocycles. The van der Waals surface area contributed by atoms with Gasteiger partial charge < -0.3 is 4.74 Å². The molecule has 1 aliphatic rings. The molecule has 1 fully saturated rings. The van der Waals surface area contributed by atoms with E-state index in [2.05, 4.69) is 9.71 Å². The average Bonchev–Trinajstić information content (AvgIpc) is 2.89. The lowest BCUT2D eigenvalue weighted by Crippen LogP contribution is -2.11. The fourth-order valence-corrected chi connectivity index (χ4v) is 1.69. The minimum atomic E-state index is -3.27. The standard InChI is InChI=1S/C9H12N2O3S/c1-15(12,13)11-8-4-5-10-6-9(8)14-7-2-3-7/h4-7H,2-3H2,1H3,(H,10,11). The van der Waals surface area contributed by atoms with Crippen LogP contribution >= 0.6 is 0 Å². The number of hydrogen-bond acceptors (Lipinski definition) is 4. The van der Waals surface area contributed by atoms with Gasteiger partial charge in [-0.3, -0.25) is 9.71 Å². The highest BCUT2D eigenvalue weighted by molar-refractivity contribution is 7.92. The number of rotatable bonds is 4. The number of nitrogens with zero attached hydrogens (tertiary/aromatic N) is 1. The van der Waals surface area contributed by atoms with Gasteiger partial charge in [0, 0.05) is 6.20 Å². The summed E-state index contributed by atoms with van der Waals surface area (Å²) in [4.78, 5) is 3.90. The normalized spacial score (nSPS) is 16.1. The molecule has 0 amide bonds. The lowest BCUT2D eigenvalue weighted by molar-refractivity contribution is 0.303. The maximum absolute atomic E-state index is 11.1. The van der Waals surface area contributed by atoms with Crippen LogP contribution < -0.4 is 9.46 Å². The summed E-state index contributed by atoms with van der Waals surface area (Å²) in [6.45, 7) is 0. The van der Waals surface area contributed by atoms with E-state index in [1.807, 2.05) is 0 Å². The minimum absolute atomic E-state index is 0.217. The number of hydrogen-bond donors (Lipinski definition) is 1. The smallest absolute Gasteiger partial charge is 0.229 e. The van der Waals surface area contributed by atoms with Gasteiger partial charge in [0.05, 0.1) is 24.2 Å². The molecule has 6 heteroatoms. The van der Waals surface area contributed by atoms with Crippen molar-refractivity contribution in [1.82, 2.24) is 4.98 Å². The number of ether oxygens (including phenoxy) is 1. The van der Waals surface area contributed by atoms with Crippen LogP contribution in [0.2, 0.25) is 0 Å². The van der Waals surface area contributed by atoms with E-state index >= 15 is 0 Å². The van der Waals surface area contributed by atoms with Crippen LogP contribution in [0.4, 0.5) is 5.69 Å². The Kier molecular flexibility index (Phi) is 2.52. The topological polar surface area (TPSA) is 68.3 Å². The summed E-state index contributed by atoms with van der Waals surface area (Å²) in [6, 6.07) is 1.58. The third-order valence-electron chi connectivity index (χ3n) is 1.90. The van der Waals surface area contributed by atoms with E-state index in [9.17, 15) is 8.42 Å². The lowest BCUT2D eigenvalue weighted by Gasteiger charge is -2.10. The fourth-order valence-electron chi connectivity index (χ4n) is 1.12. The summed E-state index contributed by atoms with van der Waals surface area (Å²) < 4.78 is 30.0. The van der Waals surface area contributed by atoms with Gasteiger partial charge in [-0.25, -0.2) is 8.42 Å². The molecule has 82 valence electrons. The van der Waals surface area contributed by atoms with Gasteiger partial charge in [0.1, 0.15) is 0 Å². The first-order valence-corrected chi connectivity index (χ1v) is 6.52. The van der Waals surface area contributed by atoms with Gasteiger partial charge in [-0.1, -0.05) is 0 Å². The summed E-state index contributed by atoms with van der Waals surface area (Å²) in [5, 5.41) is 0. The van der Waals surface area contributed by atoms with Crippen LogP contribution in [-0.4, -0.2) is 25.8 Å². The molecule has 1 aromatic heterocycles. The second kappa shape index (κ2) is 3.69. The summed E-state index contributed by atoms with van der Waals surface area (Å²) in [5.41, 5.74) is 0.444. The summed E-state index contributed by atoms with van der Waals surface area (Å²) in [7, 11) is -3.27. The monoisotopic (exact) mass is 228 g/mol. The number of nitrogens with one attached hydrogen (secondary N) is 1. The highest BCUT2D eigenvalue weighted by Gasteiger charge is 2.25. The molecule has 2 rings (SSSR count). The number of pyridine rings is 1. The van der Waals surface area contributed by atoms with Gasteiger partial charge in [-0.15, -0.1) is 0 Å². The van der Waals surface area contributed by atoms with E-state index in [1.54, 1.807) is 6.07 Å². The first kappa shape index (κ1) is 10.2. The molecule has 0 atom stereocenters. The van der Waals surface area contributed by atoms with Gasteiger partial charge in [0.25, 0.3) is 0 Å². The quantitative estimate of drug-likeness (QED) is 0.834. The molecule has 0 unspecified atom stereocenters. The van der Waals surface area contributed by atoms with Crippen molar-refractivity contribution in [2.24, 2.45) is 0 Å². The van der Waals surface area contributed by atoms with Crippen LogP contribution in [0.3, 0.4) is 0 Å². The summed E-state index contributed by atoms with van der Waals surface area (Å²) in [6.07, 6.45) is 6.41. The Morgan fingerprint density at radius 1 is 1.53 bits per heavy atom. The van der Waals surface area contributed by atoms with Crippen molar-refractivity contribution in [2.45, 2.75) is 18.9 Å².